The first-order chi connectivity index (χ1) is 12.7. The third kappa shape index (κ3) is 4.16. The van der Waals surface area contributed by atoms with Gasteiger partial charge in [-0.3, -0.25) is 9.36 Å². The van der Waals surface area contributed by atoms with Crippen molar-refractivity contribution >= 4 is 17.6 Å². The van der Waals surface area contributed by atoms with E-state index in [1.54, 1.807) is 24.3 Å². The van der Waals surface area contributed by atoms with Gasteiger partial charge in [-0.25, -0.2) is 4.79 Å². The zero-order valence-electron chi connectivity index (χ0n) is 14.0. The summed E-state index contributed by atoms with van der Waals surface area (Å²) in [5, 5.41) is 9.96. The Kier molecular flexibility index (Phi) is 5.28. The summed E-state index contributed by atoms with van der Waals surface area (Å²) < 4.78 is 40.1. The number of aromatic carboxylic acids is 1. The number of nitrogens with zero attached hydrogens (tertiary/aromatic N) is 2. The van der Waals surface area contributed by atoms with E-state index in [1.165, 1.54) is 4.57 Å². The molecule has 1 N–H and O–H groups in total. The van der Waals surface area contributed by atoms with Gasteiger partial charge in [0.1, 0.15) is 11.5 Å². The van der Waals surface area contributed by atoms with Crippen LogP contribution in [0.5, 0.6) is 0 Å². The predicted octanol–water partition coefficient (Wildman–Crippen LogP) is 4.42. The number of rotatable bonds is 3. The SMILES string of the molecule is O=C(O)c1cc(=O)nc(C2CCC(C(F)(F)F)CC2)n1-c1ccc(Cl)cc1. The number of hydrogen-bond donors (Lipinski definition) is 1. The highest BCUT2D eigenvalue weighted by molar-refractivity contribution is 6.30. The lowest BCUT2D eigenvalue weighted by Gasteiger charge is -2.31. The van der Waals surface area contributed by atoms with Crippen LogP contribution in [-0.2, 0) is 0 Å². The zero-order chi connectivity index (χ0) is 19.8. The van der Waals surface area contributed by atoms with Crippen molar-refractivity contribution in [2.75, 3.05) is 0 Å². The number of carboxylic acid groups (broad SMARTS) is 1. The molecule has 0 spiro atoms. The Morgan fingerprint density at radius 2 is 1.74 bits per heavy atom. The molecule has 0 aliphatic heterocycles. The minimum Gasteiger partial charge on any atom is -0.477 e. The van der Waals surface area contributed by atoms with E-state index >= 15 is 0 Å². The van der Waals surface area contributed by atoms with Crippen molar-refractivity contribution in [3.8, 4) is 5.69 Å². The first kappa shape index (κ1) is 19.4. The van der Waals surface area contributed by atoms with Gasteiger partial charge in [0.15, 0.2) is 0 Å². The predicted molar refractivity (Wildman–Crippen MR) is 92.6 cm³/mol. The van der Waals surface area contributed by atoms with Crippen molar-refractivity contribution in [3.05, 3.63) is 57.2 Å². The van der Waals surface area contributed by atoms with Gasteiger partial charge < -0.3 is 5.11 Å². The third-order valence-electron chi connectivity index (χ3n) is 4.81. The summed E-state index contributed by atoms with van der Waals surface area (Å²) >= 11 is 5.88. The van der Waals surface area contributed by atoms with Gasteiger partial charge in [-0.1, -0.05) is 11.6 Å². The van der Waals surface area contributed by atoms with Crippen LogP contribution in [0.4, 0.5) is 13.2 Å². The van der Waals surface area contributed by atoms with Gasteiger partial charge >= 0.3 is 12.1 Å². The van der Waals surface area contributed by atoms with Gasteiger partial charge in [0.05, 0.1) is 5.92 Å². The smallest absolute Gasteiger partial charge is 0.391 e. The molecule has 3 rings (SSSR count). The molecule has 1 saturated carbocycles. The molecule has 144 valence electrons. The van der Waals surface area contributed by atoms with Crippen molar-refractivity contribution in [1.29, 1.82) is 0 Å². The molecule has 1 heterocycles. The van der Waals surface area contributed by atoms with Crippen molar-refractivity contribution in [2.24, 2.45) is 5.92 Å². The van der Waals surface area contributed by atoms with Crippen LogP contribution in [0, 0.1) is 5.92 Å². The Hall–Kier alpha value is -2.35. The maximum absolute atomic E-state index is 12.9. The molecular formula is C18H16ClF3N2O3. The average Bonchev–Trinajstić information content (AvgIpc) is 2.61. The number of carbonyl (C=O) groups is 1. The second kappa shape index (κ2) is 7.34. The topological polar surface area (TPSA) is 72.2 Å². The number of hydrogen-bond acceptors (Lipinski definition) is 3. The molecule has 1 aliphatic carbocycles. The molecule has 5 nitrogen and oxygen atoms in total. The highest BCUT2D eigenvalue weighted by atomic mass is 35.5. The van der Waals surface area contributed by atoms with Crippen LogP contribution < -0.4 is 5.56 Å². The van der Waals surface area contributed by atoms with Crippen molar-refractivity contribution in [1.82, 2.24) is 9.55 Å². The van der Waals surface area contributed by atoms with Gasteiger partial charge in [-0.2, -0.15) is 18.2 Å². The number of aromatic nitrogens is 2. The Bertz CT molecular complexity index is 902. The first-order valence-electron chi connectivity index (χ1n) is 8.36. The quantitative estimate of drug-likeness (QED) is 0.827. The molecule has 1 fully saturated rings. The summed E-state index contributed by atoms with van der Waals surface area (Å²) in [4.78, 5) is 27.6. The first-order valence-corrected chi connectivity index (χ1v) is 8.74. The van der Waals surface area contributed by atoms with E-state index in [-0.39, 0.29) is 37.2 Å². The lowest BCUT2D eigenvalue weighted by molar-refractivity contribution is -0.182. The largest absolute Gasteiger partial charge is 0.477 e. The molecule has 1 aromatic carbocycles. The minimum atomic E-state index is -4.25. The molecule has 0 atom stereocenters. The molecule has 0 amide bonds. The van der Waals surface area contributed by atoms with Gasteiger partial charge in [0.25, 0.3) is 5.56 Å². The van der Waals surface area contributed by atoms with E-state index in [2.05, 4.69) is 4.98 Å². The van der Waals surface area contributed by atoms with E-state index in [4.69, 9.17) is 11.6 Å². The Labute approximate surface area is 157 Å². The second-order valence-corrected chi connectivity index (χ2v) is 6.98. The summed E-state index contributed by atoms with van der Waals surface area (Å²) in [6, 6.07) is 7.18. The molecule has 27 heavy (non-hydrogen) atoms. The highest BCUT2D eigenvalue weighted by Gasteiger charge is 2.42. The van der Waals surface area contributed by atoms with E-state index in [0.29, 0.717) is 10.7 Å². The average molecular weight is 401 g/mol. The van der Waals surface area contributed by atoms with Crippen LogP contribution in [0.2, 0.25) is 5.02 Å². The van der Waals surface area contributed by atoms with Crippen LogP contribution in [0.15, 0.2) is 35.1 Å². The van der Waals surface area contributed by atoms with E-state index in [1.807, 2.05) is 0 Å². The monoisotopic (exact) mass is 400 g/mol. The van der Waals surface area contributed by atoms with Gasteiger partial charge in [0.2, 0.25) is 0 Å². The minimum absolute atomic E-state index is 0.0814. The zero-order valence-corrected chi connectivity index (χ0v) is 14.8. The number of carboxylic acids is 1. The number of halogens is 4. The van der Waals surface area contributed by atoms with Gasteiger partial charge in [0, 0.05) is 22.7 Å². The van der Waals surface area contributed by atoms with E-state index in [9.17, 15) is 27.9 Å². The molecule has 0 bridgehead atoms. The fraction of sp³-hybridized carbons (Fsp3) is 0.389. The maximum atomic E-state index is 12.9. The molecule has 1 aliphatic rings. The van der Waals surface area contributed by atoms with Crippen molar-refractivity contribution in [3.63, 3.8) is 0 Å². The standard InChI is InChI=1S/C18H16ClF3N2O3/c19-12-5-7-13(8-6-12)24-14(17(26)27)9-15(25)23-16(24)10-1-3-11(4-2-10)18(20,21)22/h5-11H,1-4H2,(H,26,27). The summed E-state index contributed by atoms with van der Waals surface area (Å²) in [6.07, 6.45) is -4.07. The van der Waals surface area contributed by atoms with Crippen LogP contribution in [0.3, 0.4) is 0 Å². The molecule has 0 unspecified atom stereocenters. The fourth-order valence-corrected chi connectivity index (χ4v) is 3.60. The molecular weight excluding hydrogens is 385 g/mol. The van der Waals surface area contributed by atoms with Crippen LogP contribution in [-0.4, -0.2) is 26.8 Å². The lowest BCUT2D eigenvalue weighted by atomic mass is 9.81. The number of alkyl halides is 3. The van der Waals surface area contributed by atoms with E-state index in [0.717, 1.165) is 6.07 Å². The summed E-state index contributed by atoms with van der Waals surface area (Å²) in [7, 11) is 0. The molecule has 0 saturated heterocycles. The van der Waals surface area contributed by atoms with Crippen LogP contribution in [0.25, 0.3) is 5.69 Å². The fourth-order valence-electron chi connectivity index (χ4n) is 3.47. The Morgan fingerprint density at radius 3 is 2.26 bits per heavy atom. The van der Waals surface area contributed by atoms with Gasteiger partial charge in [-0.15, -0.1) is 0 Å². The third-order valence-corrected chi connectivity index (χ3v) is 5.07. The second-order valence-electron chi connectivity index (χ2n) is 6.54. The highest BCUT2D eigenvalue weighted by Crippen LogP contribution is 2.42. The van der Waals surface area contributed by atoms with Crippen molar-refractivity contribution < 1.29 is 23.1 Å². The summed E-state index contributed by atoms with van der Waals surface area (Å²) in [5.74, 6) is -2.98. The number of benzene rings is 1. The summed E-state index contributed by atoms with van der Waals surface area (Å²) in [5.41, 5.74) is -0.590. The Balaban J connectivity index is 2.06. The van der Waals surface area contributed by atoms with Crippen LogP contribution >= 0.6 is 11.6 Å². The summed E-state index contributed by atoms with van der Waals surface area (Å²) in [6.45, 7) is 0. The van der Waals surface area contributed by atoms with E-state index < -0.39 is 29.5 Å². The van der Waals surface area contributed by atoms with Gasteiger partial charge in [-0.05, 0) is 49.9 Å². The molecule has 1 aromatic heterocycles. The normalized spacial score (nSPS) is 20.4. The van der Waals surface area contributed by atoms with Crippen molar-refractivity contribution in [2.45, 2.75) is 37.8 Å². The molecule has 9 heteroatoms. The maximum Gasteiger partial charge on any atom is 0.391 e. The Morgan fingerprint density at radius 1 is 1.15 bits per heavy atom. The molecule has 0 radical (unpaired) electrons. The lowest BCUT2D eigenvalue weighted by Crippen LogP contribution is -2.30. The molecule has 2 aromatic rings. The van der Waals surface area contributed by atoms with Crippen LogP contribution in [0.1, 0.15) is 47.9 Å².